The van der Waals surface area contributed by atoms with Crippen LogP contribution in [0.5, 0.6) is 0 Å². The number of rotatable bonds is 7. The Kier molecular flexibility index (Phi) is 13.3. The zero-order chi connectivity index (χ0) is 22.0. The van der Waals surface area contributed by atoms with Crippen LogP contribution in [0.3, 0.4) is 0 Å². The van der Waals surface area contributed by atoms with Crippen molar-refractivity contribution in [3.05, 3.63) is 0 Å². The van der Waals surface area contributed by atoms with Crippen molar-refractivity contribution in [2.75, 3.05) is 46.4 Å². The maximum absolute atomic E-state index is 12.1. The first kappa shape index (κ1) is 28.7. The molecule has 1 aliphatic heterocycles. The molecule has 1 saturated heterocycles. The standard InChI is InChI=1S/C21H40N4O4.HI/c1-8-22-19(25-12-10-17(11-13-25)18(26)28-9-2)23-14-16(3)15-24(7)20(27)29-21(4,5)6;/h16-17H,8-15H2,1-7H3,(H,22,23);1H. The molecule has 1 unspecified atom stereocenters. The number of carbonyl (C=O) groups is 2. The van der Waals surface area contributed by atoms with Crippen LogP contribution in [0.15, 0.2) is 4.99 Å². The second-order valence-electron chi connectivity index (χ2n) is 8.67. The number of hydrogen-bond donors (Lipinski definition) is 1. The molecule has 0 aromatic carbocycles. The summed E-state index contributed by atoms with van der Waals surface area (Å²) in [5.41, 5.74) is -0.499. The lowest BCUT2D eigenvalue weighted by Crippen LogP contribution is -2.47. The maximum Gasteiger partial charge on any atom is 0.410 e. The Bertz CT molecular complexity index is 558. The molecule has 0 aliphatic carbocycles. The van der Waals surface area contributed by atoms with Gasteiger partial charge in [-0.15, -0.1) is 24.0 Å². The van der Waals surface area contributed by atoms with Crippen LogP contribution in [0.1, 0.15) is 54.4 Å². The lowest BCUT2D eigenvalue weighted by molar-refractivity contribution is -0.149. The number of nitrogens with one attached hydrogen (secondary N) is 1. The van der Waals surface area contributed by atoms with E-state index in [1.807, 2.05) is 34.6 Å². The van der Waals surface area contributed by atoms with Gasteiger partial charge in [-0.2, -0.15) is 0 Å². The second kappa shape index (κ2) is 13.9. The molecule has 1 N–H and O–H groups in total. The molecule has 0 radical (unpaired) electrons. The first-order valence-electron chi connectivity index (χ1n) is 10.7. The lowest BCUT2D eigenvalue weighted by atomic mass is 9.97. The Hall–Kier alpha value is -1.26. The second-order valence-corrected chi connectivity index (χ2v) is 8.67. The number of nitrogens with zero attached hydrogens (tertiary/aromatic N) is 3. The van der Waals surface area contributed by atoms with Gasteiger partial charge in [-0.25, -0.2) is 4.79 Å². The highest BCUT2D eigenvalue weighted by molar-refractivity contribution is 14.0. The number of halogens is 1. The Morgan fingerprint density at radius 1 is 1.23 bits per heavy atom. The maximum atomic E-state index is 12.1. The third-order valence-electron chi connectivity index (χ3n) is 4.59. The van der Waals surface area contributed by atoms with Crippen molar-refractivity contribution in [2.45, 2.75) is 60.0 Å². The SMILES string of the molecule is CCNC(=NCC(C)CN(C)C(=O)OC(C)(C)C)N1CCC(C(=O)OCC)CC1.I. The van der Waals surface area contributed by atoms with Gasteiger partial charge in [0.05, 0.1) is 12.5 Å². The highest BCUT2D eigenvalue weighted by atomic mass is 127. The van der Waals surface area contributed by atoms with E-state index in [9.17, 15) is 9.59 Å². The van der Waals surface area contributed by atoms with Gasteiger partial charge in [0, 0.05) is 39.8 Å². The molecule has 0 aromatic heterocycles. The van der Waals surface area contributed by atoms with Gasteiger partial charge in [0.1, 0.15) is 5.60 Å². The number of ether oxygens (including phenoxy) is 2. The minimum Gasteiger partial charge on any atom is -0.466 e. The van der Waals surface area contributed by atoms with Crippen molar-refractivity contribution in [3.8, 4) is 0 Å². The summed E-state index contributed by atoms with van der Waals surface area (Å²) in [6.07, 6.45) is 1.24. The van der Waals surface area contributed by atoms with E-state index < -0.39 is 5.60 Å². The van der Waals surface area contributed by atoms with Gasteiger partial charge in [-0.3, -0.25) is 9.79 Å². The van der Waals surface area contributed by atoms with Crippen LogP contribution in [0, 0.1) is 11.8 Å². The van der Waals surface area contributed by atoms with E-state index in [0.717, 1.165) is 38.4 Å². The molecule has 1 fully saturated rings. The quantitative estimate of drug-likeness (QED) is 0.231. The summed E-state index contributed by atoms with van der Waals surface area (Å²) < 4.78 is 10.5. The smallest absolute Gasteiger partial charge is 0.410 e. The predicted octanol–water partition coefficient (Wildman–Crippen LogP) is 3.35. The van der Waals surface area contributed by atoms with Crippen molar-refractivity contribution in [1.29, 1.82) is 0 Å². The summed E-state index contributed by atoms with van der Waals surface area (Å²) in [7, 11) is 1.75. The average molecular weight is 540 g/mol. The van der Waals surface area contributed by atoms with Crippen LogP contribution in [-0.4, -0.2) is 79.8 Å². The van der Waals surface area contributed by atoms with Crippen LogP contribution in [-0.2, 0) is 14.3 Å². The third kappa shape index (κ3) is 10.7. The van der Waals surface area contributed by atoms with E-state index >= 15 is 0 Å². The Balaban J connectivity index is 0.00000841. The van der Waals surface area contributed by atoms with Crippen molar-refractivity contribution in [3.63, 3.8) is 0 Å². The van der Waals surface area contributed by atoms with Crippen LogP contribution in [0.4, 0.5) is 4.79 Å². The molecule has 0 bridgehead atoms. The summed E-state index contributed by atoms with van der Waals surface area (Å²) in [4.78, 5) is 32.6. The van der Waals surface area contributed by atoms with E-state index in [0.29, 0.717) is 19.7 Å². The van der Waals surface area contributed by atoms with Gasteiger partial charge in [0.25, 0.3) is 0 Å². The summed E-state index contributed by atoms with van der Waals surface area (Å²) in [6, 6.07) is 0. The molecule has 8 nitrogen and oxygen atoms in total. The van der Waals surface area contributed by atoms with Crippen molar-refractivity contribution < 1.29 is 19.1 Å². The minimum absolute atomic E-state index is 0. The van der Waals surface area contributed by atoms with E-state index in [1.54, 1.807) is 11.9 Å². The van der Waals surface area contributed by atoms with Gasteiger partial charge in [-0.05, 0) is 53.4 Å². The van der Waals surface area contributed by atoms with Gasteiger partial charge in [0.15, 0.2) is 5.96 Å². The van der Waals surface area contributed by atoms with E-state index in [4.69, 9.17) is 14.5 Å². The van der Waals surface area contributed by atoms with E-state index in [2.05, 4.69) is 17.1 Å². The predicted molar refractivity (Wildman–Crippen MR) is 130 cm³/mol. The van der Waals surface area contributed by atoms with Crippen LogP contribution in [0.25, 0.3) is 0 Å². The largest absolute Gasteiger partial charge is 0.466 e. The van der Waals surface area contributed by atoms with Gasteiger partial charge >= 0.3 is 12.1 Å². The summed E-state index contributed by atoms with van der Waals surface area (Å²) >= 11 is 0. The minimum atomic E-state index is -0.499. The summed E-state index contributed by atoms with van der Waals surface area (Å²) in [6.45, 7) is 15.5. The molecule has 1 atom stereocenters. The molecule has 1 rings (SSSR count). The van der Waals surface area contributed by atoms with E-state index in [1.165, 1.54) is 0 Å². The number of hydrogen-bond acceptors (Lipinski definition) is 5. The zero-order valence-electron chi connectivity index (χ0n) is 19.7. The first-order chi connectivity index (χ1) is 13.6. The third-order valence-corrected chi connectivity index (χ3v) is 4.59. The molecule has 176 valence electrons. The van der Waals surface area contributed by atoms with Crippen LogP contribution < -0.4 is 5.32 Å². The average Bonchev–Trinajstić information content (AvgIpc) is 2.64. The fourth-order valence-corrected chi connectivity index (χ4v) is 3.19. The van der Waals surface area contributed by atoms with Gasteiger partial charge in [-0.1, -0.05) is 6.92 Å². The van der Waals surface area contributed by atoms with Crippen molar-refractivity contribution in [1.82, 2.24) is 15.1 Å². The van der Waals surface area contributed by atoms with Crippen LogP contribution >= 0.6 is 24.0 Å². The van der Waals surface area contributed by atoms with E-state index in [-0.39, 0.29) is 47.9 Å². The zero-order valence-corrected chi connectivity index (χ0v) is 22.0. The van der Waals surface area contributed by atoms with Gasteiger partial charge in [0.2, 0.25) is 0 Å². The number of carbonyl (C=O) groups excluding carboxylic acids is 2. The fraction of sp³-hybridized carbons (Fsp3) is 0.857. The molecule has 0 saturated carbocycles. The molecule has 0 aromatic rings. The fourth-order valence-electron chi connectivity index (χ4n) is 3.19. The lowest BCUT2D eigenvalue weighted by Gasteiger charge is -2.33. The van der Waals surface area contributed by atoms with Crippen LogP contribution in [0.2, 0.25) is 0 Å². The normalized spacial score (nSPS) is 16.4. The summed E-state index contributed by atoms with van der Waals surface area (Å²) in [5, 5.41) is 3.34. The van der Waals surface area contributed by atoms with Crippen molar-refractivity contribution in [2.24, 2.45) is 16.8 Å². The Morgan fingerprint density at radius 3 is 2.33 bits per heavy atom. The molecule has 9 heteroatoms. The number of esters is 1. The first-order valence-corrected chi connectivity index (χ1v) is 10.7. The molecule has 0 spiro atoms. The van der Waals surface area contributed by atoms with Gasteiger partial charge < -0.3 is 24.6 Å². The molecule has 1 amide bonds. The monoisotopic (exact) mass is 540 g/mol. The highest BCUT2D eigenvalue weighted by Gasteiger charge is 2.27. The number of likely N-dealkylation sites (tertiary alicyclic amines) is 1. The summed E-state index contributed by atoms with van der Waals surface area (Å²) in [5.74, 6) is 0.947. The molecular weight excluding hydrogens is 499 g/mol. The Morgan fingerprint density at radius 2 is 1.83 bits per heavy atom. The number of piperidine rings is 1. The molecule has 30 heavy (non-hydrogen) atoms. The number of guanidine groups is 1. The topological polar surface area (TPSA) is 83.5 Å². The number of amides is 1. The number of aliphatic imine (C=N–C) groups is 1. The molecular formula is C21H41IN4O4. The Labute approximate surface area is 199 Å². The molecule has 1 heterocycles. The molecule has 1 aliphatic rings. The van der Waals surface area contributed by atoms with Crippen molar-refractivity contribution >= 4 is 42.0 Å². The highest BCUT2D eigenvalue weighted by Crippen LogP contribution is 2.19.